The lowest BCUT2D eigenvalue weighted by atomic mass is 9.87. The standard InChI is InChI=1S/C18H20N2O4S/c1-11-7-8-16(21)17(9-11)25(23,24)20-12(2)10-14(18(19)22)13-5-3-4-6-15(13)20/h3-9,12,14,21H,10H2,1-2H3,(H2,19,22). The summed E-state index contributed by atoms with van der Waals surface area (Å²) in [6, 6.07) is 10.8. The molecule has 0 bridgehead atoms. The summed E-state index contributed by atoms with van der Waals surface area (Å²) >= 11 is 0. The van der Waals surface area contributed by atoms with E-state index in [9.17, 15) is 18.3 Å². The number of fused-ring (bicyclic) bond motifs is 1. The lowest BCUT2D eigenvalue weighted by Gasteiger charge is -2.38. The van der Waals surface area contributed by atoms with Gasteiger partial charge in [-0.25, -0.2) is 8.42 Å². The molecule has 1 aliphatic rings. The van der Waals surface area contributed by atoms with Gasteiger partial charge < -0.3 is 10.8 Å². The van der Waals surface area contributed by atoms with E-state index in [1.165, 1.54) is 16.4 Å². The van der Waals surface area contributed by atoms with Gasteiger partial charge in [-0.2, -0.15) is 0 Å². The Morgan fingerprint density at radius 2 is 1.92 bits per heavy atom. The number of hydrogen-bond donors (Lipinski definition) is 2. The normalized spacial score (nSPS) is 20.2. The van der Waals surface area contributed by atoms with Crippen LogP contribution in [0.2, 0.25) is 0 Å². The third-order valence-electron chi connectivity index (χ3n) is 4.52. The van der Waals surface area contributed by atoms with Crippen LogP contribution < -0.4 is 10.0 Å². The van der Waals surface area contributed by atoms with E-state index in [0.29, 0.717) is 11.3 Å². The Balaban J connectivity index is 2.20. The van der Waals surface area contributed by atoms with E-state index >= 15 is 0 Å². The highest BCUT2D eigenvalue weighted by atomic mass is 32.2. The maximum absolute atomic E-state index is 13.3. The Kier molecular flexibility index (Phi) is 4.20. The predicted molar refractivity (Wildman–Crippen MR) is 95.0 cm³/mol. The first-order chi connectivity index (χ1) is 11.7. The number of phenolic OH excluding ortho intramolecular Hbond substituents is 1. The average Bonchev–Trinajstić information content (AvgIpc) is 2.55. The maximum Gasteiger partial charge on any atom is 0.268 e. The van der Waals surface area contributed by atoms with Crippen molar-refractivity contribution in [2.75, 3.05) is 4.31 Å². The fraction of sp³-hybridized carbons (Fsp3) is 0.278. The number of nitrogens with zero attached hydrogens (tertiary/aromatic N) is 1. The molecule has 0 spiro atoms. The fourth-order valence-electron chi connectivity index (χ4n) is 3.35. The van der Waals surface area contributed by atoms with Gasteiger partial charge in [-0.15, -0.1) is 0 Å². The number of carbonyl (C=O) groups excluding carboxylic acids is 1. The summed E-state index contributed by atoms with van der Waals surface area (Å²) in [4.78, 5) is 11.7. The highest BCUT2D eigenvalue weighted by Crippen LogP contribution is 2.42. The van der Waals surface area contributed by atoms with Crippen LogP contribution in [0.1, 0.15) is 30.4 Å². The molecule has 0 radical (unpaired) electrons. The first-order valence-corrected chi connectivity index (χ1v) is 9.39. The number of phenols is 1. The summed E-state index contributed by atoms with van der Waals surface area (Å²) in [6.45, 7) is 3.49. The molecule has 1 aliphatic heterocycles. The lowest BCUT2D eigenvalue weighted by Crippen LogP contribution is -2.45. The van der Waals surface area contributed by atoms with Crippen molar-refractivity contribution >= 4 is 21.6 Å². The van der Waals surface area contributed by atoms with E-state index < -0.39 is 27.9 Å². The van der Waals surface area contributed by atoms with E-state index in [-0.39, 0.29) is 17.1 Å². The highest BCUT2D eigenvalue weighted by molar-refractivity contribution is 7.93. The Hall–Kier alpha value is -2.54. The Morgan fingerprint density at radius 1 is 1.24 bits per heavy atom. The van der Waals surface area contributed by atoms with Crippen molar-refractivity contribution in [2.24, 2.45) is 5.73 Å². The number of rotatable bonds is 3. The molecular weight excluding hydrogens is 340 g/mol. The van der Waals surface area contributed by atoms with E-state index in [2.05, 4.69) is 0 Å². The molecule has 3 rings (SSSR count). The molecule has 6 nitrogen and oxygen atoms in total. The Morgan fingerprint density at radius 3 is 2.60 bits per heavy atom. The second-order valence-electron chi connectivity index (χ2n) is 6.37. The van der Waals surface area contributed by atoms with Gasteiger partial charge in [0, 0.05) is 6.04 Å². The van der Waals surface area contributed by atoms with Crippen LogP contribution in [-0.2, 0) is 14.8 Å². The molecule has 1 heterocycles. The summed E-state index contributed by atoms with van der Waals surface area (Å²) in [5, 5.41) is 10.1. The van der Waals surface area contributed by atoms with E-state index in [0.717, 1.165) is 5.56 Å². The maximum atomic E-state index is 13.3. The van der Waals surface area contributed by atoms with Crippen LogP contribution in [0.4, 0.5) is 5.69 Å². The Labute approximate surface area is 146 Å². The molecule has 0 aromatic heterocycles. The largest absolute Gasteiger partial charge is 0.507 e. The quantitative estimate of drug-likeness (QED) is 0.876. The second kappa shape index (κ2) is 6.07. The number of amides is 1. The first-order valence-electron chi connectivity index (χ1n) is 7.95. The Bertz CT molecular complexity index is 940. The van der Waals surface area contributed by atoms with Crippen molar-refractivity contribution < 1.29 is 18.3 Å². The van der Waals surface area contributed by atoms with Gasteiger partial charge in [0.05, 0.1) is 11.6 Å². The zero-order valence-corrected chi connectivity index (χ0v) is 14.8. The van der Waals surface area contributed by atoms with Crippen molar-refractivity contribution in [1.82, 2.24) is 0 Å². The summed E-state index contributed by atoms with van der Waals surface area (Å²) in [5.74, 6) is -1.31. The number of carbonyl (C=O) groups is 1. The van der Waals surface area contributed by atoms with Gasteiger partial charge in [-0.3, -0.25) is 9.10 Å². The van der Waals surface area contributed by atoms with Crippen LogP contribution >= 0.6 is 0 Å². The number of aryl methyl sites for hydroxylation is 1. The molecule has 1 amide bonds. The van der Waals surface area contributed by atoms with Crippen molar-refractivity contribution in [1.29, 1.82) is 0 Å². The van der Waals surface area contributed by atoms with Crippen LogP contribution in [0.5, 0.6) is 5.75 Å². The molecule has 2 atom stereocenters. The summed E-state index contributed by atoms with van der Waals surface area (Å²) in [6.07, 6.45) is 0.290. The monoisotopic (exact) mass is 360 g/mol. The van der Waals surface area contributed by atoms with Crippen LogP contribution in [0, 0.1) is 6.92 Å². The van der Waals surface area contributed by atoms with Crippen molar-refractivity contribution in [3.05, 3.63) is 53.6 Å². The van der Waals surface area contributed by atoms with Crippen LogP contribution in [0.3, 0.4) is 0 Å². The molecule has 3 N–H and O–H groups in total. The first kappa shape index (κ1) is 17.3. The topological polar surface area (TPSA) is 101 Å². The summed E-state index contributed by atoms with van der Waals surface area (Å²) in [7, 11) is -4.00. The van der Waals surface area contributed by atoms with Gasteiger partial charge in [-0.05, 0) is 49.6 Å². The molecule has 0 fully saturated rings. The minimum Gasteiger partial charge on any atom is -0.507 e. The number of hydrogen-bond acceptors (Lipinski definition) is 4. The molecule has 2 unspecified atom stereocenters. The van der Waals surface area contributed by atoms with E-state index in [1.54, 1.807) is 44.2 Å². The molecule has 0 saturated carbocycles. The van der Waals surface area contributed by atoms with Gasteiger partial charge >= 0.3 is 0 Å². The van der Waals surface area contributed by atoms with E-state index in [1.807, 2.05) is 0 Å². The number of primary amides is 1. The number of para-hydroxylation sites is 1. The number of anilines is 1. The minimum absolute atomic E-state index is 0.147. The van der Waals surface area contributed by atoms with Crippen molar-refractivity contribution in [3.63, 3.8) is 0 Å². The summed E-state index contributed by atoms with van der Waals surface area (Å²) in [5.41, 5.74) is 7.24. The molecule has 0 saturated heterocycles. The van der Waals surface area contributed by atoms with E-state index in [4.69, 9.17) is 5.73 Å². The number of sulfonamides is 1. The van der Waals surface area contributed by atoms with Crippen LogP contribution in [-0.4, -0.2) is 25.5 Å². The molecule has 2 aromatic carbocycles. The highest BCUT2D eigenvalue weighted by Gasteiger charge is 2.40. The molecule has 132 valence electrons. The fourth-order valence-corrected chi connectivity index (χ4v) is 5.22. The van der Waals surface area contributed by atoms with Crippen LogP contribution in [0.25, 0.3) is 0 Å². The number of nitrogens with two attached hydrogens (primary N) is 1. The average molecular weight is 360 g/mol. The number of benzene rings is 2. The van der Waals surface area contributed by atoms with Crippen molar-refractivity contribution in [3.8, 4) is 5.75 Å². The van der Waals surface area contributed by atoms with Crippen LogP contribution in [0.15, 0.2) is 47.4 Å². The molecular formula is C18H20N2O4S. The third-order valence-corrected chi connectivity index (χ3v) is 6.48. The molecule has 0 aliphatic carbocycles. The lowest BCUT2D eigenvalue weighted by molar-refractivity contribution is -0.119. The molecule has 7 heteroatoms. The smallest absolute Gasteiger partial charge is 0.268 e. The van der Waals surface area contributed by atoms with Crippen molar-refractivity contribution in [2.45, 2.75) is 37.1 Å². The summed E-state index contributed by atoms with van der Waals surface area (Å²) < 4.78 is 27.8. The second-order valence-corrected chi connectivity index (χ2v) is 8.15. The van der Waals surface area contributed by atoms with Gasteiger partial charge in [0.15, 0.2) is 0 Å². The number of aromatic hydroxyl groups is 1. The molecule has 2 aromatic rings. The zero-order valence-electron chi connectivity index (χ0n) is 14.0. The third kappa shape index (κ3) is 2.84. The minimum atomic E-state index is -4.00. The SMILES string of the molecule is Cc1ccc(O)c(S(=O)(=O)N2c3ccccc3C(C(N)=O)CC2C)c1. The van der Waals surface area contributed by atoms with Gasteiger partial charge in [0.2, 0.25) is 5.91 Å². The van der Waals surface area contributed by atoms with Gasteiger partial charge in [0.25, 0.3) is 10.0 Å². The van der Waals surface area contributed by atoms with Gasteiger partial charge in [0.1, 0.15) is 10.6 Å². The molecule has 25 heavy (non-hydrogen) atoms. The van der Waals surface area contributed by atoms with Gasteiger partial charge in [-0.1, -0.05) is 24.3 Å². The predicted octanol–water partition coefficient (Wildman–Crippen LogP) is 2.26. The zero-order chi connectivity index (χ0) is 18.4.